The molecule has 1 saturated heterocycles. The fourth-order valence-electron chi connectivity index (χ4n) is 3.13. The molecule has 1 aromatic heterocycles. The summed E-state index contributed by atoms with van der Waals surface area (Å²) in [5.41, 5.74) is 2.26. The first-order valence-corrected chi connectivity index (χ1v) is 8.71. The Hall–Kier alpha value is -2.63. The standard InChI is InChI=1S/C19H24N4O2/c1-15-7-10-20-23(15)12-9-18(24)21-17-13-19(25)22(14-17)11-8-16-5-3-2-4-6-16/h2-7,10,17H,8-9,11-14H2,1H3,(H,21,24)/t17-/m0/s1. The van der Waals surface area contributed by atoms with Gasteiger partial charge in [0.1, 0.15) is 0 Å². The SMILES string of the molecule is Cc1ccnn1CCC(=O)N[C@H]1CC(=O)N(CCc2ccccc2)C1. The first-order chi connectivity index (χ1) is 12.1. The van der Waals surface area contributed by atoms with E-state index in [9.17, 15) is 9.59 Å². The smallest absolute Gasteiger partial charge is 0.224 e. The average molecular weight is 340 g/mol. The van der Waals surface area contributed by atoms with Gasteiger partial charge in [0.15, 0.2) is 0 Å². The first kappa shape index (κ1) is 17.2. The molecule has 2 heterocycles. The number of benzene rings is 1. The van der Waals surface area contributed by atoms with Gasteiger partial charge in [0.05, 0.1) is 6.04 Å². The van der Waals surface area contributed by atoms with Crippen LogP contribution in [0.2, 0.25) is 0 Å². The third-order valence-corrected chi connectivity index (χ3v) is 4.57. The number of aromatic nitrogens is 2. The molecule has 0 radical (unpaired) electrons. The zero-order valence-electron chi connectivity index (χ0n) is 14.5. The van der Waals surface area contributed by atoms with Crippen molar-refractivity contribution in [3.63, 3.8) is 0 Å². The Morgan fingerprint density at radius 1 is 1.24 bits per heavy atom. The van der Waals surface area contributed by atoms with E-state index in [0.29, 0.717) is 32.5 Å². The van der Waals surface area contributed by atoms with Crippen LogP contribution in [0.15, 0.2) is 42.6 Å². The second-order valence-electron chi connectivity index (χ2n) is 6.49. The number of aryl methyl sites for hydroxylation is 2. The minimum atomic E-state index is -0.0884. The highest BCUT2D eigenvalue weighted by Gasteiger charge is 2.30. The molecule has 1 aliphatic rings. The third kappa shape index (κ3) is 4.68. The lowest BCUT2D eigenvalue weighted by atomic mass is 10.1. The highest BCUT2D eigenvalue weighted by Crippen LogP contribution is 2.13. The number of hydrogen-bond acceptors (Lipinski definition) is 3. The Morgan fingerprint density at radius 2 is 2.04 bits per heavy atom. The molecular formula is C19H24N4O2. The van der Waals surface area contributed by atoms with Crippen molar-refractivity contribution in [2.75, 3.05) is 13.1 Å². The number of rotatable bonds is 7. The van der Waals surface area contributed by atoms with Gasteiger partial charge >= 0.3 is 0 Å². The van der Waals surface area contributed by atoms with Crippen LogP contribution in [0.25, 0.3) is 0 Å². The quantitative estimate of drug-likeness (QED) is 0.831. The number of carbonyl (C=O) groups excluding carboxylic acids is 2. The summed E-state index contributed by atoms with van der Waals surface area (Å²) in [7, 11) is 0. The number of nitrogens with one attached hydrogen (secondary N) is 1. The third-order valence-electron chi connectivity index (χ3n) is 4.57. The molecule has 1 aliphatic heterocycles. The van der Waals surface area contributed by atoms with Crippen LogP contribution in [0.5, 0.6) is 0 Å². The Kier molecular flexibility index (Phi) is 5.48. The molecular weight excluding hydrogens is 316 g/mol. The molecule has 6 nitrogen and oxygen atoms in total. The van der Waals surface area contributed by atoms with E-state index >= 15 is 0 Å². The molecule has 0 bridgehead atoms. The van der Waals surface area contributed by atoms with Crippen LogP contribution in [-0.4, -0.2) is 45.6 Å². The molecule has 0 spiro atoms. The Labute approximate surface area is 147 Å². The van der Waals surface area contributed by atoms with Crippen molar-refractivity contribution in [1.29, 1.82) is 0 Å². The topological polar surface area (TPSA) is 67.2 Å². The normalized spacial score (nSPS) is 17.1. The molecule has 1 fully saturated rings. The summed E-state index contributed by atoms with van der Waals surface area (Å²) in [5, 5.41) is 7.15. The van der Waals surface area contributed by atoms with E-state index in [1.54, 1.807) is 6.20 Å². The van der Waals surface area contributed by atoms with Crippen molar-refractivity contribution in [2.45, 2.75) is 38.8 Å². The van der Waals surface area contributed by atoms with Crippen LogP contribution >= 0.6 is 0 Å². The predicted octanol–water partition coefficient (Wildman–Crippen LogP) is 1.54. The predicted molar refractivity (Wildman–Crippen MR) is 94.9 cm³/mol. The maximum Gasteiger partial charge on any atom is 0.224 e. The van der Waals surface area contributed by atoms with Crippen molar-refractivity contribution < 1.29 is 9.59 Å². The molecule has 0 unspecified atom stereocenters. The summed E-state index contributed by atoms with van der Waals surface area (Å²) in [6.45, 7) is 3.81. The van der Waals surface area contributed by atoms with E-state index in [0.717, 1.165) is 12.1 Å². The molecule has 6 heteroatoms. The average Bonchev–Trinajstić information content (AvgIpc) is 3.17. The number of amides is 2. The number of carbonyl (C=O) groups is 2. The van der Waals surface area contributed by atoms with E-state index in [-0.39, 0.29) is 17.9 Å². The summed E-state index contributed by atoms with van der Waals surface area (Å²) in [4.78, 5) is 26.1. The first-order valence-electron chi connectivity index (χ1n) is 8.71. The van der Waals surface area contributed by atoms with Gasteiger partial charge in [-0.05, 0) is 25.0 Å². The van der Waals surface area contributed by atoms with Crippen LogP contribution in [-0.2, 0) is 22.6 Å². The highest BCUT2D eigenvalue weighted by molar-refractivity contribution is 5.82. The maximum atomic E-state index is 12.1. The van der Waals surface area contributed by atoms with Gasteiger partial charge in [0.25, 0.3) is 0 Å². The van der Waals surface area contributed by atoms with Crippen molar-refractivity contribution in [1.82, 2.24) is 20.0 Å². The second kappa shape index (κ2) is 7.96. The van der Waals surface area contributed by atoms with E-state index in [1.807, 2.05) is 40.8 Å². The van der Waals surface area contributed by atoms with E-state index in [2.05, 4.69) is 22.5 Å². The van der Waals surface area contributed by atoms with E-state index in [4.69, 9.17) is 0 Å². The molecule has 2 aromatic rings. The van der Waals surface area contributed by atoms with Gasteiger partial charge in [-0.15, -0.1) is 0 Å². The monoisotopic (exact) mass is 340 g/mol. The summed E-state index contributed by atoms with van der Waals surface area (Å²) in [6, 6.07) is 12.0. The van der Waals surface area contributed by atoms with Crippen LogP contribution in [0.3, 0.4) is 0 Å². The summed E-state index contributed by atoms with van der Waals surface area (Å²) >= 11 is 0. The Morgan fingerprint density at radius 3 is 2.76 bits per heavy atom. The minimum absolute atomic E-state index is 0.0300. The Bertz CT molecular complexity index is 726. The molecule has 3 rings (SSSR count). The van der Waals surface area contributed by atoms with Crippen LogP contribution < -0.4 is 5.32 Å². The maximum absolute atomic E-state index is 12.1. The van der Waals surface area contributed by atoms with Gasteiger partial charge in [-0.25, -0.2) is 0 Å². The molecule has 132 valence electrons. The molecule has 0 saturated carbocycles. The van der Waals surface area contributed by atoms with E-state index in [1.165, 1.54) is 5.56 Å². The van der Waals surface area contributed by atoms with Crippen LogP contribution in [0.4, 0.5) is 0 Å². The molecule has 1 aromatic carbocycles. The lowest BCUT2D eigenvalue weighted by molar-refractivity contribution is -0.127. The summed E-state index contributed by atoms with van der Waals surface area (Å²) in [5.74, 6) is 0.0850. The molecule has 25 heavy (non-hydrogen) atoms. The van der Waals surface area contributed by atoms with Crippen LogP contribution in [0.1, 0.15) is 24.1 Å². The van der Waals surface area contributed by atoms with Crippen LogP contribution in [0, 0.1) is 6.92 Å². The zero-order chi connectivity index (χ0) is 17.6. The molecule has 0 aliphatic carbocycles. The lowest BCUT2D eigenvalue weighted by Crippen LogP contribution is -2.37. The van der Waals surface area contributed by atoms with Gasteiger partial charge in [-0.3, -0.25) is 14.3 Å². The molecule has 1 N–H and O–H groups in total. The van der Waals surface area contributed by atoms with Crippen molar-refractivity contribution in [2.24, 2.45) is 0 Å². The molecule has 1 atom stereocenters. The largest absolute Gasteiger partial charge is 0.351 e. The van der Waals surface area contributed by atoms with Gasteiger partial charge < -0.3 is 10.2 Å². The highest BCUT2D eigenvalue weighted by atomic mass is 16.2. The van der Waals surface area contributed by atoms with Crippen molar-refractivity contribution >= 4 is 11.8 Å². The van der Waals surface area contributed by atoms with Gasteiger partial charge in [-0.1, -0.05) is 30.3 Å². The fourth-order valence-corrected chi connectivity index (χ4v) is 3.13. The molecule has 2 amide bonds. The fraction of sp³-hybridized carbons (Fsp3) is 0.421. The minimum Gasteiger partial charge on any atom is -0.351 e. The summed E-state index contributed by atoms with van der Waals surface area (Å²) < 4.78 is 1.81. The number of likely N-dealkylation sites (tertiary alicyclic amines) is 1. The summed E-state index contributed by atoms with van der Waals surface area (Å²) in [6.07, 6.45) is 3.33. The van der Waals surface area contributed by atoms with Gasteiger partial charge in [0, 0.05) is 44.4 Å². The van der Waals surface area contributed by atoms with Crippen molar-refractivity contribution in [3.05, 3.63) is 53.9 Å². The van der Waals surface area contributed by atoms with E-state index < -0.39 is 0 Å². The Balaban J connectivity index is 1.42. The van der Waals surface area contributed by atoms with Gasteiger partial charge in [-0.2, -0.15) is 5.10 Å². The lowest BCUT2D eigenvalue weighted by Gasteiger charge is -2.17. The zero-order valence-corrected chi connectivity index (χ0v) is 14.5. The number of hydrogen-bond donors (Lipinski definition) is 1. The number of nitrogens with zero attached hydrogens (tertiary/aromatic N) is 3. The van der Waals surface area contributed by atoms with Gasteiger partial charge in [0.2, 0.25) is 11.8 Å². The van der Waals surface area contributed by atoms with Crippen molar-refractivity contribution in [3.8, 4) is 0 Å². The second-order valence-corrected chi connectivity index (χ2v) is 6.49.